The van der Waals surface area contributed by atoms with Gasteiger partial charge < -0.3 is 20.1 Å². The van der Waals surface area contributed by atoms with Gasteiger partial charge in [-0.25, -0.2) is 0 Å². The number of hydrogen-bond acceptors (Lipinski definition) is 3. The van der Waals surface area contributed by atoms with E-state index >= 15 is 0 Å². The molecule has 25 heavy (non-hydrogen) atoms. The van der Waals surface area contributed by atoms with E-state index in [2.05, 4.69) is 28.6 Å². The maximum Gasteiger partial charge on any atom is 0.191 e. The molecule has 5 heteroatoms. The minimum atomic E-state index is 0.702. The van der Waals surface area contributed by atoms with E-state index in [4.69, 9.17) is 9.47 Å². The normalized spacial score (nSPS) is 14.4. The zero-order chi connectivity index (χ0) is 17.7. The number of hydrogen-bond donors (Lipinski definition) is 2. The Morgan fingerprint density at radius 3 is 2.72 bits per heavy atom. The van der Waals surface area contributed by atoms with Crippen LogP contribution in [-0.4, -0.2) is 39.4 Å². The molecule has 0 amide bonds. The predicted octanol–water partition coefficient (Wildman–Crippen LogP) is 3.35. The second-order valence-electron chi connectivity index (χ2n) is 6.53. The highest BCUT2D eigenvalue weighted by molar-refractivity contribution is 5.79. The van der Waals surface area contributed by atoms with E-state index in [1.807, 2.05) is 18.2 Å². The number of para-hydroxylation sites is 1. The molecule has 0 aliphatic heterocycles. The van der Waals surface area contributed by atoms with Crippen LogP contribution < -0.4 is 15.4 Å². The molecule has 1 aliphatic carbocycles. The molecule has 1 aromatic rings. The van der Waals surface area contributed by atoms with Crippen LogP contribution in [0.15, 0.2) is 29.3 Å². The van der Waals surface area contributed by atoms with Crippen molar-refractivity contribution in [3.05, 3.63) is 29.8 Å². The number of ether oxygens (including phenoxy) is 2. The Morgan fingerprint density at radius 2 is 1.96 bits per heavy atom. The molecule has 0 atom stereocenters. The minimum absolute atomic E-state index is 0.702. The first-order valence-corrected chi connectivity index (χ1v) is 9.56. The second-order valence-corrected chi connectivity index (χ2v) is 6.53. The summed E-state index contributed by atoms with van der Waals surface area (Å²) in [5.41, 5.74) is 1.16. The Morgan fingerprint density at radius 1 is 1.16 bits per heavy atom. The Kier molecular flexibility index (Phi) is 9.19. The lowest BCUT2D eigenvalue weighted by molar-refractivity contribution is 0.129. The summed E-state index contributed by atoms with van der Waals surface area (Å²) in [6, 6.07) is 8.22. The first-order valence-electron chi connectivity index (χ1n) is 9.56. The topological polar surface area (TPSA) is 54.9 Å². The van der Waals surface area contributed by atoms with Crippen LogP contribution in [-0.2, 0) is 11.3 Å². The minimum Gasteiger partial charge on any atom is -0.493 e. The fourth-order valence-electron chi connectivity index (χ4n) is 2.41. The fourth-order valence-corrected chi connectivity index (χ4v) is 2.41. The predicted molar refractivity (Wildman–Crippen MR) is 103 cm³/mol. The van der Waals surface area contributed by atoms with Crippen molar-refractivity contribution in [2.24, 2.45) is 10.9 Å². The van der Waals surface area contributed by atoms with Crippen molar-refractivity contribution in [2.75, 3.05) is 33.4 Å². The van der Waals surface area contributed by atoms with Crippen molar-refractivity contribution in [3.63, 3.8) is 0 Å². The van der Waals surface area contributed by atoms with Gasteiger partial charge in [-0.15, -0.1) is 0 Å². The third-order valence-electron chi connectivity index (χ3n) is 4.21. The van der Waals surface area contributed by atoms with Gasteiger partial charge in [0.25, 0.3) is 0 Å². The highest BCUT2D eigenvalue weighted by Gasteiger charge is 2.22. The van der Waals surface area contributed by atoms with Gasteiger partial charge in [-0.3, -0.25) is 4.99 Å². The molecule has 2 N–H and O–H groups in total. The molecule has 1 fully saturated rings. The number of benzene rings is 1. The van der Waals surface area contributed by atoms with Gasteiger partial charge in [0.1, 0.15) is 5.75 Å². The van der Waals surface area contributed by atoms with Crippen LogP contribution in [0.5, 0.6) is 5.75 Å². The molecule has 0 bridgehead atoms. The van der Waals surface area contributed by atoms with Crippen LogP contribution in [0.3, 0.4) is 0 Å². The third-order valence-corrected chi connectivity index (χ3v) is 4.21. The Bertz CT molecular complexity index is 515. The van der Waals surface area contributed by atoms with Gasteiger partial charge >= 0.3 is 0 Å². The maximum atomic E-state index is 5.96. The van der Waals surface area contributed by atoms with Gasteiger partial charge in [0.2, 0.25) is 0 Å². The zero-order valence-corrected chi connectivity index (χ0v) is 15.7. The van der Waals surface area contributed by atoms with E-state index in [1.165, 1.54) is 19.3 Å². The van der Waals surface area contributed by atoms with E-state index < -0.39 is 0 Å². The Hall–Kier alpha value is -1.75. The zero-order valence-electron chi connectivity index (χ0n) is 15.7. The van der Waals surface area contributed by atoms with Crippen LogP contribution in [0.25, 0.3) is 0 Å². The van der Waals surface area contributed by atoms with Crippen LogP contribution in [0.1, 0.15) is 44.6 Å². The van der Waals surface area contributed by atoms with E-state index in [9.17, 15) is 0 Å². The number of guanidine groups is 1. The summed E-state index contributed by atoms with van der Waals surface area (Å²) in [5.74, 6) is 2.54. The van der Waals surface area contributed by atoms with Crippen molar-refractivity contribution in [2.45, 2.75) is 45.6 Å². The summed E-state index contributed by atoms with van der Waals surface area (Å²) in [6.07, 6.45) is 5.91. The van der Waals surface area contributed by atoms with Gasteiger partial charge in [0.05, 0.1) is 6.61 Å². The lowest BCUT2D eigenvalue weighted by atomic mass is 10.2. The molecular weight excluding hydrogens is 314 g/mol. The number of rotatable bonds is 12. The van der Waals surface area contributed by atoms with Crippen molar-refractivity contribution < 1.29 is 9.47 Å². The standard InChI is InChI=1S/C20H33N3O2/c1-3-4-13-24-14-7-12-22-20(21-2)23-15-18-8-5-6-9-19(18)25-16-17-10-11-17/h5-6,8-9,17H,3-4,7,10-16H2,1-2H3,(H2,21,22,23). The van der Waals surface area contributed by atoms with Crippen LogP contribution in [0.2, 0.25) is 0 Å². The van der Waals surface area contributed by atoms with Gasteiger partial charge in [-0.05, 0) is 37.7 Å². The van der Waals surface area contributed by atoms with Gasteiger partial charge in [-0.1, -0.05) is 31.5 Å². The number of aliphatic imine (C=N–C) groups is 1. The molecule has 0 aromatic heterocycles. The number of unbranched alkanes of at least 4 members (excludes halogenated alkanes) is 1. The average molecular weight is 348 g/mol. The molecular formula is C20H33N3O2. The van der Waals surface area contributed by atoms with Crippen LogP contribution in [0.4, 0.5) is 0 Å². The molecule has 1 saturated carbocycles. The van der Waals surface area contributed by atoms with Crippen molar-refractivity contribution in [3.8, 4) is 5.75 Å². The van der Waals surface area contributed by atoms with Gasteiger partial charge in [0, 0.05) is 38.9 Å². The summed E-state index contributed by atoms with van der Waals surface area (Å²) >= 11 is 0. The Balaban J connectivity index is 1.66. The first kappa shape index (κ1) is 19.6. The van der Waals surface area contributed by atoms with Crippen molar-refractivity contribution in [1.29, 1.82) is 0 Å². The average Bonchev–Trinajstić information content (AvgIpc) is 3.47. The summed E-state index contributed by atoms with van der Waals surface area (Å²) in [5, 5.41) is 6.69. The van der Waals surface area contributed by atoms with Crippen molar-refractivity contribution in [1.82, 2.24) is 10.6 Å². The molecule has 0 spiro atoms. The third kappa shape index (κ3) is 8.25. The highest BCUT2D eigenvalue weighted by atomic mass is 16.5. The number of nitrogens with zero attached hydrogens (tertiary/aromatic N) is 1. The lowest BCUT2D eigenvalue weighted by Crippen LogP contribution is -2.37. The molecule has 1 aromatic carbocycles. The SMILES string of the molecule is CCCCOCCCNC(=NC)NCc1ccccc1OCC1CC1. The maximum absolute atomic E-state index is 5.96. The monoisotopic (exact) mass is 347 g/mol. The van der Waals surface area contributed by atoms with Gasteiger partial charge in [0.15, 0.2) is 5.96 Å². The summed E-state index contributed by atoms with van der Waals surface area (Å²) < 4.78 is 11.5. The van der Waals surface area contributed by atoms with Crippen LogP contribution in [0, 0.1) is 5.92 Å². The van der Waals surface area contributed by atoms with Crippen molar-refractivity contribution >= 4 is 5.96 Å². The molecule has 1 aliphatic rings. The number of nitrogens with one attached hydrogen (secondary N) is 2. The van der Waals surface area contributed by atoms with E-state index in [0.717, 1.165) is 62.4 Å². The quantitative estimate of drug-likeness (QED) is 0.346. The molecule has 5 nitrogen and oxygen atoms in total. The molecule has 0 saturated heterocycles. The first-order chi connectivity index (χ1) is 12.3. The second kappa shape index (κ2) is 11.7. The van der Waals surface area contributed by atoms with E-state index in [1.54, 1.807) is 7.05 Å². The summed E-state index contributed by atoms with van der Waals surface area (Å²) in [4.78, 5) is 4.28. The Labute approximate surface area is 152 Å². The molecule has 0 heterocycles. The van der Waals surface area contributed by atoms with Crippen LogP contribution >= 0.6 is 0 Å². The largest absolute Gasteiger partial charge is 0.493 e. The summed E-state index contributed by atoms with van der Waals surface area (Å²) in [6.45, 7) is 6.22. The summed E-state index contributed by atoms with van der Waals surface area (Å²) in [7, 11) is 1.79. The smallest absolute Gasteiger partial charge is 0.191 e. The fraction of sp³-hybridized carbons (Fsp3) is 0.650. The molecule has 140 valence electrons. The molecule has 0 radical (unpaired) electrons. The molecule has 0 unspecified atom stereocenters. The highest BCUT2D eigenvalue weighted by Crippen LogP contribution is 2.30. The van der Waals surface area contributed by atoms with E-state index in [0.29, 0.717) is 6.54 Å². The molecule has 2 rings (SSSR count). The van der Waals surface area contributed by atoms with E-state index in [-0.39, 0.29) is 0 Å². The lowest BCUT2D eigenvalue weighted by Gasteiger charge is -2.15. The van der Waals surface area contributed by atoms with Gasteiger partial charge in [-0.2, -0.15) is 0 Å².